The van der Waals surface area contributed by atoms with Gasteiger partial charge < -0.3 is 5.32 Å². The van der Waals surface area contributed by atoms with E-state index in [0.29, 0.717) is 0 Å². The van der Waals surface area contributed by atoms with Gasteiger partial charge in [-0.15, -0.1) is 0 Å². The highest BCUT2D eigenvalue weighted by Gasteiger charge is 2.01. The van der Waals surface area contributed by atoms with E-state index in [1.807, 2.05) is 10.9 Å². The Bertz CT molecular complexity index is 500. The Labute approximate surface area is 102 Å². The lowest BCUT2D eigenvalue weighted by Gasteiger charge is -2.09. The van der Waals surface area contributed by atoms with Crippen molar-refractivity contribution in [3.63, 3.8) is 0 Å². The summed E-state index contributed by atoms with van der Waals surface area (Å²) < 4.78 is 2.01. The molecule has 0 bridgehead atoms. The molecular weight excluding hydrogens is 210 g/mol. The summed E-state index contributed by atoms with van der Waals surface area (Å²) >= 11 is 0. The molecule has 90 valence electrons. The van der Waals surface area contributed by atoms with Crippen LogP contribution in [-0.2, 0) is 13.1 Å². The summed E-state index contributed by atoms with van der Waals surface area (Å²) in [6.07, 6.45) is 1.85. The lowest BCUT2D eigenvalue weighted by atomic mass is 10.1. The second kappa shape index (κ2) is 5.04. The van der Waals surface area contributed by atoms with Crippen LogP contribution in [0.3, 0.4) is 0 Å². The van der Waals surface area contributed by atoms with Crippen molar-refractivity contribution in [2.45, 2.75) is 33.9 Å². The Morgan fingerprint density at radius 2 is 2.00 bits per heavy atom. The smallest absolute Gasteiger partial charge is 0.0575 e. The molecule has 0 unspecified atom stereocenters. The molecule has 1 heterocycles. The highest BCUT2D eigenvalue weighted by molar-refractivity contribution is 5.48. The molecule has 1 aromatic heterocycles. The van der Waals surface area contributed by atoms with E-state index in [1.165, 1.54) is 16.8 Å². The van der Waals surface area contributed by atoms with Crippen LogP contribution >= 0.6 is 0 Å². The molecular formula is C14H19N3. The van der Waals surface area contributed by atoms with Gasteiger partial charge in [0, 0.05) is 18.4 Å². The average Bonchev–Trinajstić information content (AvgIpc) is 2.78. The Morgan fingerprint density at radius 3 is 2.71 bits per heavy atom. The molecule has 0 aliphatic carbocycles. The minimum atomic E-state index is 0.816. The van der Waals surface area contributed by atoms with Crippen LogP contribution in [0.15, 0.2) is 30.5 Å². The third-order valence-electron chi connectivity index (χ3n) is 3.08. The van der Waals surface area contributed by atoms with Crippen LogP contribution in [0.25, 0.3) is 0 Å². The molecule has 0 spiro atoms. The molecule has 0 radical (unpaired) electrons. The van der Waals surface area contributed by atoms with E-state index in [9.17, 15) is 0 Å². The predicted molar refractivity (Wildman–Crippen MR) is 71.1 cm³/mol. The van der Waals surface area contributed by atoms with E-state index in [4.69, 9.17) is 0 Å². The quantitative estimate of drug-likeness (QED) is 0.873. The zero-order valence-corrected chi connectivity index (χ0v) is 10.7. The van der Waals surface area contributed by atoms with Gasteiger partial charge in [0.15, 0.2) is 0 Å². The van der Waals surface area contributed by atoms with Gasteiger partial charge in [0.1, 0.15) is 0 Å². The molecule has 0 aliphatic rings. The zero-order valence-electron chi connectivity index (χ0n) is 10.7. The van der Waals surface area contributed by atoms with Gasteiger partial charge in [-0.2, -0.15) is 5.10 Å². The third kappa shape index (κ3) is 2.67. The first-order chi connectivity index (χ1) is 8.20. The number of aromatic nitrogens is 2. The monoisotopic (exact) mass is 229 g/mol. The molecule has 0 amide bonds. The second-order valence-corrected chi connectivity index (χ2v) is 4.29. The van der Waals surface area contributed by atoms with Crippen LogP contribution in [0.1, 0.15) is 23.7 Å². The molecule has 3 heteroatoms. The lowest BCUT2D eigenvalue weighted by molar-refractivity contribution is 0.627. The largest absolute Gasteiger partial charge is 0.379 e. The Balaban J connectivity index is 2.05. The molecule has 0 saturated heterocycles. The fourth-order valence-corrected chi connectivity index (χ4v) is 1.84. The van der Waals surface area contributed by atoms with Gasteiger partial charge in [0.25, 0.3) is 0 Å². The summed E-state index contributed by atoms with van der Waals surface area (Å²) in [5, 5.41) is 7.68. The number of aryl methyl sites for hydroxylation is 3. The molecule has 0 atom stereocenters. The molecule has 0 saturated carbocycles. The average molecular weight is 229 g/mol. The van der Waals surface area contributed by atoms with Crippen LogP contribution in [0, 0.1) is 13.8 Å². The van der Waals surface area contributed by atoms with Gasteiger partial charge in [-0.25, -0.2) is 0 Å². The maximum Gasteiger partial charge on any atom is 0.0575 e. The maximum atomic E-state index is 4.26. The normalized spacial score (nSPS) is 10.5. The summed E-state index contributed by atoms with van der Waals surface area (Å²) in [5.74, 6) is 0. The fraction of sp³-hybridized carbons (Fsp3) is 0.357. The van der Waals surface area contributed by atoms with Crippen molar-refractivity contribution in [2.24, 2.45) is 0 Å². The first-order valence-electron chi connectivity index (χ1n) is 6.02. The third-order valence-corrected chi connectivity index (χ3v) is 3.08. The topological polar surface area (TPSA) is 29.9 Å². The molecule has 1 aromatic carbocycles. The Kier molecular flexibility index (Phi) is 3.47. The predicted octanol–water partition coefficient (Wildman–Crippen LogP) is 3.13. The Hall–Kier alpha value is -1.77. The van der Waals surface area contributed by atoms with E-state index < -0.39 is 0 Å². The summed E-state index contributed by atoms with van der Waals surface area (Å²) in [6.45, 7) is 8.10. The molecule has 2 aromatic rings. The second-order valence-electron chi connectivity index (χ2n) is 4.29. The number of hydrogen-bond donors (Lipinski definition) is 1. The minimum absolute atomic E-state index is 0.816. The number of anilines is 1. The standard InChI is InChI=1S/C14H19N3/c1-4-17-14(7-8-16-17)10-15-13-6-5-11(2)12(3)9-13/h5-9,15H,4,10H2,1-3H3. The molecule has 3 nitrogen and oxygen atoms in total. The minimum Gasteiger partial charge on any atom is -0.379 e. The van der Waals surface area contributed by atoms with E-state index in [1.54, 1.807) is 0 Å². The summed E-state index contributed by atoms with van der Waals surface area (Å²) in [7, 11) is 0. The number of nitrogens with one attached hydrogen (secondary N) is 1. The van der Waals surface area contributed by atoms with Crippen LogP contribution < -0.4 is 5.32 Å². The van der Waals surface area contributed by atoms with E-state index in [0.717, 1.165) is 18.8 Å². The highest BCUT2D eigenvalue weighted by atomic mass is 15.3. The van der Waals surface area contributed by atoms with E-state index in [-0.39, 0.29) is 0 Å². The van der Waals surface area contributed by atoms with Crippen molar-refractivity contribution in [3.8, 4) is 0 Å². The van der Waals surface area contributed by atoms with Crippen molar-refractivity contribution < 1.29 is 0 Å². The molecule has 2 rings (SSSR count). The SMILES string of the molecule is CCn1nccc1CNc1ccc(C)c(C)c1. The number of rotatable bonds is 4. The van der Waals surface area contributed by atoms with Crippen LogP contribution in [-0.4, -0.2) is 9.78 Å². The van der Waals surface area contributed by atoms with Gasteiger partial charge in [-0.1, -0.05) is 6.07 Å². The summed E-state index contributed by atoms with van der Waals surface area (Å²) in [4.78, 5) is 0. The molecule has 1 N–H and O–H groups in total. The fourth-order valence-electron chi connectivity index (χ4n) is 1.84. The van der Waals surface area contributed by atoms with Crippen molar-refractivity contribution in [1.29, 1.82) is 0 Å². The Morgan fingerprint density at radius 1 is 1.18 bits per heavy atom. The van der Waals surface area contributed by atoms with Crippen molar-refractivity contribution >= 4 is 5.69 Å². The van der Waals surface area contributed by atoms with Gasteiger partial charge in [0.2, 0.25) is 0 Å². The number of nitrogens with zero attached hydrogens (tertiary/aromatic N) is 2. The first kappa shape index (κ1) is 11.7. The first-order valence-corrected chi connectivity index (χ1v) is 6.02. The van der Waals surface area contributed by atoms with Gasteiger partial charge in [-0.3, -0.25) is 4.68 Å². The molecule has 17 heavy (non-hydrogen) atoms. The molecule has 0 fully saturated rings. The zero-order chi connectivity index (χ0) is 12.3. The lowest BCUT2D eigenvalue weighted by Crippen LogP contribution is -2.07. The maximum absolute atomic E-state index is 4.26. The van der Waals surface area contributed by atoms with Crippen molar-refractivity contribution in [1.82, 2.24) is 9.78 Å². The van der Waals surface area contributed by atoms with E-state index >= 15 is 0 Å². The van der Waals surface area contributed by atoms with Crippen LogP contribution in [0.4, 0.5) is 5.69 Å². The van der Waals surface area contributed by atoms with Crippen molar-refractivity contribution in [3.05, 3.63) is 47.3 Å². The van der Waals surface area contributed by atoms with Gasteiger partial charge in [-0.05, 0) is 50.1 Å². The number of hydrogen-bond acceptors (Lipinski definition) is 2. The van der Waals surface area contributed by atoms with Gasteiger partial charge >= 0.3 is 0 Å². The number of benzene rings is 1. The van der Waals surface area contributed by atoms with E-state index in [2.05, 4.69) is 55.5 Å². The molecule has 0 aliphatic heterocycles. The van der Waals surface area contributed by atoms with Crippen molar-refractivity contribution in [2.75, 3.05) is 5.32 Å². The highest BCUT2D eigenvalue weighted by Crippen LogP contribution is 2.15. The summed E-state index contributed by atoms with van der Waals surface area (Å²) in [6, 6.07) is 8.50. The summed E-state index contributed by atoms with van der Waals surface area (Å²) in [5.41, 5.74) is 5.02. The van der Waals surface area contributed by atoms with Gasteiger partial charge in [0.05, 0.1) is 12.2 Å². The van der Waals surface area contributed by atoms with Crippen LogP contribution in [0.5, 0.6) is 0 Å². The van der Waals surface area contributed by atoms with Crippen LogP contribution in [0.2, 0.25) is 0 Å².